The van der Waals surface area contributed by atoms with Crippen molar-refractivity contribution in [3.63, 3.8) is 0 Å². The van der Waals surface area contributed by atoms with Gasteiger partial charge in [-0.1, -0.05) is 15.9 Å². The molecule has 0 radical (unpaired) electrons. The van der Waals surface area contributed by atoms with Crippen molar-refractivity contribution in [2.45, 2.75) is 74.7 Å². The monoisotopic (exact) mass is 356 g/mol. The molecule has 4 N–H and O–H groups in total. The lowest BCUT2D eigenvalue weighted by Gasteiger charge is -2.43. The number of ether oxygens (including phenoxy) is 2. The summed E-state index contributed by atoms with van der Waals surface area (Å²) >= 11 is 3.53. The molecule has 1 aliphatic rings. The molecule has 0 spiro atoms. The first-order valence-electron chi connectivity index (χ1n) is 6.64. The third-order valence-electron chi connectivity index (χ3n) is 3.13. The van der Waals surface area contributed by atoms with E-state index in [-0.39, 0.29) is 4.32 Å². The maximum absolute atomic E-state index is 9.93. The molecule has 1 rings (SSSR count). The Bertz CT molecular complexity index is 314. The van der Waals surface area contributed by atoms with Crippen LogP contribution in [0.1, 0.15) is 34.1 Å². The van der Waals surface area contributed by atoms with Gasteiger partial charge in [0.05, 0.1) is 12.2 Å². The van der Waals surface area contributed by atoms with Crippen LogP contribution in [0.5, 0.6) is 0 Å². The van der Waals surface area contributed by atoms with E-state index < -0.39 is 42.9 Å². The standard InChI is InChI=1S/C13H25BrO6/c1-12(2,14)6-13(3,4)20-11-10(18)9(17)8(16)7(5-15)19-11/h7-11,15-18H,5-6H2,1-4H3. The Morgan fingerprint density at radius 3 is 2.05 bits per heavy atom. The van der Waals surface area contributed by atoms with Gasteiger partial charge in [0.1, 0.15) is 24.4 Å². The zero-order valence-electron chi connectivity index (χ0n) is 12.3. The highest BCUT2D eigenvalue weighted by Crippen LogP contribution is 2.33. The predicted molar refractivity (Wildman–Crippen MR) is 76.6 cm³/mol. The Morgan fingerprint density at radius 1 is 1.05 bits per heavy atom. The largest absolute Gasteiger partial charge is 0.394 e. The molecule has 120 valence electrons. The molecule has 1 fully saturated rings. The normalized spacial score (nSPS) is 36.1. The van der Waals surface area contributed by atoms with Crippen LogP contribution in [-0.2, 0) is 9.47 Å². The van der Waals surface area contributed by atoms with E-state index in [1.807, 2.05) is 27.7 Å². The van der Waals surface area contributed by atoms with Gasteiger partial charge in [-0.2, -0.15) is 0 Å². The number of alkyl halides is 1. The first-order chi connectivity index (χ1) is 8.97. The molecular weight excluding hydrogens is 332 g/mol. The van der Waals surface area contributed by atoms with E-state index in [2.05, 4.69) is 15.9 Å². The van der Waals surface area contributed by atoms with Crippen LogP contribution in [0.2, 0.25) is 0 Å². The first-order valence-corrected chi connectivity index (χ1v) is 7.43. The van der Waals surface area contributed by atoms with Gasteiger partial charge < -0.3 is 29.9 Å². The van der Waals surface area contributed by atoms with Crippen molar-refractivity contribution < 1.29 is 29.9 Å². The maximum atomic E-state index is 9.93. The molecule has 1 saturated heterocycles. The van der Waals surface area contributed by atoms with E-state index >= 15 is 0 Å². The second kappa shape index (κ2) is 6.56. The molecule has 0 aromatic heterocycles. The van der Waals surface area contributed by atoms with E-state index in [1.165, 1.54) is 0 Å². The second-order valence-corrected chi connectivity index (χ2v) is 8.62. The van der Waals surface area contributed by atoms with Crippen LogP contribution >= 0.6 is 15.9 Å². The molecule has 0 aromatic rings. The zero-order chi connectivity index (χ0) is 15.7. The van der Waals surface area contributed by atoms with Crippen molar-refractivity contribution in [2.75, 3.05) is 6.61 Å². The van der Waals surface area contributed by atoms with Crippen molar-refractivity contribution in [1.29, 1.82) is 0 Å². The summed E-state index contributed by atoms with van der Waals surface area (Å²) in [6, 6.07) is 0. The highest BCUT2D eigenvalue weighted by molar-refractivity contribution is 9.10. The molecule has 0 amide bonds. The van der Waals surface area contributed by atoms with Gasteiger partial charge in [0.15, 0.2) is 6.29 Å². The third kappa shape index (κ3) is 4.91. The van der Waals surface area contributed by atoms with Crippen LogP contribution < -0.4 is 0 Å². The van der Waals surface area contributed by atoms with E-state index in [0.29, 0.717) is 6.42 Å². The molecule has 0 aromatic carbocycles. The van der Waals surface area contributed by atoms with Gasteiger partial charge in [0.2, 0.25) is 0 Å². The van der Waals surface area contributed by atoms with Gasteiger partial charge in [0, 0.05) is 4.32 Å². The van der Waals surface area contributed by atoms with Crippen LogP contribution in [-0.4, -0.2) is 67.7 Å². The minimum absolute atomic E-state index is 0.162. The third-order valence-corrected chi connectivity index (χ3v) is 3.41. The van der Waals surface area contributed by atoms with Gasteiger partial charge in [-0.25, -0.2) is 0 Å². The molecule has 0 aliphatic carbocycles. The SMILES string of the molecule is CC(C)(Br)CC(C)(C)OC1OC(CO)C(O)C(O)C1O. The Morgan fingerprint density at radius 2 is 1.60 bits per heavy atom. The van der Waals surface area contributed by atoms with E-state index in [1.54, 1.807) is 0 Å². The summed E-state index contributed by atoms with van der Waals surface area (Å²) in [6.07, 6.45) is -5.58. The minimum Gasteiger partial charge on any atom is -0.394 e. The molecule has 0 saturated carbocycles. The fraction of sp³-hybridized carbons (Fsp3) is 1.00. The lowest BCUT2D eigenvalue weighted by molar-refractivity contribution is -0.323. The van der Waals surface area contributed by atoms with Crippen LogP contribution in [0.15, 0.2) is 0 Å². The van der Waals surface area contributed by atoms with Gasteiger partial charge in [-0.3, -0.25) is 0 Å². The molecule has 6 nitrogen and oxygen atoms in total. The minimum atomic E-state index is -1.42. The lowest BCUT2D eigenvalue weighted by atomic mass is 9.94. The molecule has 1 heterocycles. The molecule has 20 heavy (non-hydrogen) atoms. The smallest absolute Gasteiger partial charge is 0.187 e. The van der Waals surface area contributed by atoms with Crippen LogP contribution in [0.25, 0.3) is 0 Å². The summed E-state index contributed by atoms with van der Waals surface area (Å²) in [4.78, 5) is 0. The van der Waals surface area contributed by atoms with Crippen LogP contribution in [0.3, 0.4) is 0 Å². The fourth-order valence-corrected chi connectivity index (χ4v) is 3.21. The fourth-order valence-electron chi connectivity index (χ4n) is 2.53. The number of hydrogen-bond donors (Lipinski definition) is 4. The first kappa shape index (κ1) is 18.3. The molecular formula is C13H25BrO6. The average molecular weight is 357 g/mol. The second-order valence-electron chi connectivity index (χ2n) is 6.47. The van der Waals surface area contributed by atoms with Crippen LogP contribution in [0, 0.1) is 0 Å². The number of aliphatic hydroxyl groups is 4. The summed E-state index contributed by atoms with van der Waals surface area (Å²) in [5.74, 6) is 0. The van der Waals surface area contributed by atoms with Gasteiger partial charge in [-0.15, -0.1) is 0 Å². The summed E-state index contributed by atoms with van der Waals surface area (Å²) in [5.41, 5.74) is -0.624. The van der Waals surface area contributed by atoms with Crippen LogP contribution in [0.4, 0.5) is 0 Å². The van der Waals surface area contributed by atoms with E-state index in [4.69, 9.17) is 14.6 Å². The van der Waals surface area contributed by atoms with Crippen molar-refractivity contribution in [2.24, 2.45) is 0 Å². The Hall–Kier alpha value is 0.240. The highest BCUT2D eigenvalue weighted by Gasteiger charge is 2.46. The highest BCUT2D eigenvalue weighted by atomic mass is 79.9. The number of halogens is 1. The molecule has 1 aliphatic heterocycles. The lowest BCUT2D eigenvalue weighted by Crippen LogP contribution is -2.60. The Balaban J connectivity index is 2.75. The Kier molecular flexibility index (Phi) is 6.00. The maximum Gasteiger partial charge on any atom is 0.187 e. The zero-order valence-corrected chi connectivity index (χ0v) is 13.9. The van der Waals surface area contributed by atoms with E-state index in [0.717, 1.165) is 0 Å². The molecule has 5 unspecified atom stereocenters. The number of rotatable bonds is 5. The summed E-state index contributed by atoms with van der Waals surface area (Å²) in [6.45, 7) is 7.21. The Labute approximate surface area is 127 Å². The number of aliphatic hydroxyl groups excluding tert-OH is 4. The summed E-state index contributed by atoms with van der Waals surface area (Å²) in [7, 11) is 0. The molecule has 0 bridgehead atoms. The summed E-state index contributed by atoms with van der Waals surface area (Å²) < 4.78 is 10.9. The van der Waals surface area contributed by atoms with Crippen molar-refractivity contribution >= 4 is 15.9 Å². The molecule has 5 atom stereocenters. The average Bonchev–Trinajstić information content (AvgIpc) is 2.26. The van der Waals surface area contributed by atoms with Crippen molar-refractivity contribution in [1.82, 2.24) is 0 Å². The summed E-state index contributed by atoms with van der Waals surface area (Å²) in [5, 5.41) is 38.5. The van der Waals surface area contributed by atoms with Gasteiger partial charge >= 0.3 is 0 Å². The topological polar surface area (TPSA) is 99.4 Å². The number of hydrogen-bond acceptors (Lipinski definition) is 6. The predicted octanol–water partition coefficient (Wildman–Crippen LogP) is 0.145. The molecule has 7 heteroatoms. The van der Waals surface area contributed by atoms with Gasteiger partial charge in [0.25, 0.3) is 0 Å². The van der Waals surface area contributed by atoms with Gasteiger partial charge in [-0.05, 0) is 34.1 Å². The quantitative estimate of drug-likeness (QED) is 0.523. The van der Waals surface area contributed by atoms with Crippen molar-refractivity contribution in [3.05, 3.63) is 0 Å². The van der Waals surface area contributed by atoms with E-state index in [9.17, 15) is 15.3 Å². The van der Waals surface area contributed by atoms with Crippen molar-refractivity contribution in [3.8, 4) is 0 Å².